The zero-order valence-electron chi connectivity index (χ0n) is 8.23. The Bertz CT molecular complexity index is 325. The maximum Gasteiger partial charge on any atom is 0.255 e. The molecule has 1 aromatic rings. The monoisotopic (exact) mass is 193 g/mol. The fourth-order valence-electron chi connectivity index (χ4n) is 1.19. The summed E-state index contributed by atoms with van der Waals surface area (Å²) in [5.41, 5.74) is 12.1. The topological polar surface area (TPSA) is 72.3 Å². The Hall–Kier alpha value is -1.55. The maximum atomic E-state index is 11.7. The molecule has 0 fully saturated rings. The molecule has 4 N–H and O–H groups in total. The summed E-state index contributed by atoms with van der Waals surface area (Å²) in [5.74, 6) is -0.0893. The molecule has 0 saturated heterocycles. The number of rotatable bonds is 3. The molecule has 0 aliphatic rings. The molecule has 0 aliphatic carbocycles. The first-order valence-electron chi connectivity index (χ1n) is 4.47. The van der Waals surface area contributed by atoms with E-state index in [0.717, 1.165) is 0 Å². The number of likely N-dealkylation sites (N-methyl/N-ethyl adjacent to an activating group) is 1. The summed E-state index contributed by atoms with van der Waals surface area (Å²) in [6.45, 7) is 0.988. The van der Waals surface area contributed by atoms with Crippen LogP contribution >= 0.6 is 0 Å². The van der Waals surface area contributed by atoms with Gasteiger partial charge in [-0.25, -0.2) is 0 Å². The van der Waals surface area contributed by atoms with Crippen LogP contribution in [-0.4, -0.2) is 30.9 Å². The normalized spacial score (nSPS) is 9.86. The predicted octanol–water partition coefficient (Wildman–Crippen LogP) is 0.299. The third-order valence-corrected chi connectivity index (χ3v) is 2.00. The van der Waals surface area contributed by atoms with Crippen LogP contribution < -0.4 is 11.5 Å². The number of carbonyl (C=O) groups is 1. The molecular formula is C10H15N3O. The Morgan fingerprint density at radius 1 is 1.43 bits per heavy atom. The smallest absolute Gasteiger partial charge is 0.255 e. The molecule has 14 heavy (non-hydrogen) atoms. The molecule has 4 heteroatoms. The third kappa shape index (κ3) is 2.23. The van der Waals surface area contributed by atoms with Gasteiger partial charge in [0.2, 0.25) is 0 Å². The lowest BCUT2D eigenvalue weighted by atomic mass is 10.1. The highest BCUT2D eigenvalue weighted by molar-refractivity contribution is 5.98. The van der Waals surface area contributed by atoms with Gasteiger partial charge in [0.05, 0.1) is 5.56 Å². The van der Waals surface area contributed by atoms with Crippen molar-refractivity contribution in [1.82, 2.24) is 4.90 Å². The number of amides is 1. The largest absolute Gasteiger partial charge is 0.398 e. The molecular weight excluding hydrogens is 178 g/mol. The second-order valence-electron chi connectivity index (χ2n) is 3.10. The highest BCUT2D eigenvalue weighted by atomic mass is 16.2. The Kier molecular flexibility index (Phi) is 3.48. The van der Waals surface area contributed by atoms with Gasteiger partial charge in [0.15, 0.2) is 0 Å². The van der Waals surface area contributed by atoms with Gasteiger partial charge in [-0.3, -0.25) is 4.79 Å². The molecule has 76 valence electrons. The van der Waals surface area contributed by atoms with Crippen molar-refractivity contribution < 1.29 is 4.79 Å². The van der Waals surface area contributed by atoms with Crippen LogP contribution in [0.25, 0.3) is 0 Å². The highest BCUT2D eigenvalue weighted by Crippen LogP contribution is 2.12. The van der Waals surface area contributed by atoms with E-state index in [4.69, 9.17) is 11.5 Å². The number of nitrogens with two attached hydrogens (primary N) is 2. The maximum absolute atomic E-state index is 11.7. The van der Waals surface area contributed by atoms with Crippen molar-refractivity contribution in [3.63, 3.8) is 0 Å². The summed E-state index contributed by atoms with van der Waals surface area (Å²) in [6.07, 6.45) is 0. The summed E-state index contributed by atoms with van der Waals surface area (Å²) >= 11 is 0. The molecule has 0 heterocycles. The van der Waals surface area contributed by atoms with Crippen molar-refractivity contribution in [2.75, 3.05) is 25.9 Å². The van der Waals surface area contributed by atoms with Crippen LogP contribution in [0.3, 0.4) is 0 Å². The molecule has 1 aromatic carbocycles. The summed E-state index contributed by atoms with van der Waals surface area (Å²) in [5, 5.41) is 0. The molecule has 0 bridgehead atoms. The van der Waals surface area contributed by atoms with E-state index in [-0.39, 0.29) is 5.91 Å². The van der Waals surface area contributed by atoms with Crippen molar-refractivity contribution in [2.45, 2.75) is 0 Å². The fourth-order valence-corrected chi connectivity index (χ4v) is 1.19. The summed E-state index contributed by atoms with van der Waals surface area (Å²) < 4.78 is 0. The average Bonchev–Trinajstić information content (AvgIpc) is 2.18. The van der Waals surface area contributed by atoms with Crippen LogP contribution in [0.5, 0.6) is 0 Å². The quantitative estimate of drug-likeness (QED) is 0.678. The number of nitrogens with zero attached hydrogens (tertiary/aromatic N) is 1. The van der Waals surface area contributed by atoms with Crippen LogP contribution in [0.1, 0.15) is 10.4 Å². The van der Waals surface area contributed by atoms with Gasteiger partial charge < -0.3 is 16.4 Å². The molecule has 0 unspecified atom stereocenters. The van der Waals surface area contributed by atoms with Crippen molar-refractivity contribution in [1.29, 1.82) is 0 Å². The molecule has 0 atom stereocenters. The van der Waals surface area contributed by atoms with Crippen molar-refractivity contribution in [2.24, 2.45) is 5.73 Å². The molecule has 1 rings (SSSR count). The Balaban J connectivity index is 2.84. The van der Waals surface area contributed by atoms with E-state index < -0.39 is 0 Å². The van der Waals surface area contributed by atoms with Gasteiger partial charge in [0.25, 0.3) is 5.91 Å². The zero-order valence-corrected chi connectivity index (χ0v) is 8.23. The number of anilines is 1. The van der Waals surface area contributed by atoms with E-state index in [1.807, 2.05) is 0 Å². The second-order valence-corrected chi connectivity index (χ2v) is 3.10. The van der Waals surface area contributed by atoms with Crippen LogP contribution in [-0.2, 0) is 0 Å². The third-order valence-electron chi connectivity index (χ3n) is 2.00. The first kappa shape index (κ1) is 10.5. The lowest BCUT2D eigenvalue weighted by molar-refractivity contribution is 0.0800. The first-order valence-corrected chi connectivity index (χ1v) is 4.47. The minimum atomic E-state index is -0.0893. The summed E-state index contributed by atoms with van der Waals surface area (Å²) in [6, 6.07) is 7.02. The molecule has 4 nitrogen and oxygen atoms in total. The zero-order chi connectivity index (χ0) is 10.6. The lowest BCUT2D eigenvalue weighted by Gasteiger charge is -2.16. The molecule has 0 spiro atoms. The van der Waals surface area contributed by atoms with Gasteiger partial charge in [0, 0.05) is 25.8 Å². The molecule has 0 saturated carbocycles. The van der Waals surface area contributed by atoms with Crippen molar-refractivity contribution in [3.05, 3.63) is 29.8 Å². The van der Waals surface area contributed by atoms with Crippen molar-refractivity contribution >= 4 is 11.6 Å². The number of hydrogen-bond donors (Lipinski definition) is 2. The second kappa shape index (κ2) is 4.62. The molecule has 1 amide bonds. The fraction of sp³-hybridized carbons (Fsp3) is 0.300. The molecule has 0 aromatic heterocycles. The molecule has 0 aliphatic heterocycles. The van der Waals surface area contributed by atoms with Crippen LogP contribution in [0.2, 0.25) is 0 Å². The van der Waals surface area contributed by atoms with Crippen LogP contribution in [0, 0.1) is 0 Å². The number of benzene rings is 1. The average molecular weight is 193 g/mol. The molecule has 0 radical (unpaired) electrons. The van der Waals surface area contributed by atoms with E-state index in [1.165, 1.54) is 0 Å². The summed E-state index contributed by atoms with van der Waals surface area (Å²) in [4.78, 5) is 13.3. The summed E-state index contributed by atoms with van der Waals surface area (Å²) in [7, 11) is 1.71. The lowest BCUT2D eigenvalue weighted by Crippen LogP contribution is -2.32. The number of para-hydroxylation sites is 1. The highest BCUT2D eigenvalue weighted by Gasteiger charge is 2.12. The Morgan fingerprint density at radius 3 is 2.64 bits per heavy atom. The standard InChI is InChI=1S/C10H15N3O/c1-13(7-6-11)10(14)8-4-2-3-5-9(8)12/h2-5H,6-7,11-12H2,1H3. The van der Waals surface area contributed by atoms with Gasteiger partial charge in [-0.2, -0.15) is 0 Å². The number of nitrogen functional groups attached to an aromatic ring is 1. The van der Waals surface area contributed by atoms with E-state index in [1.54, 1.807) is 36.2 Å². The van der Waals surface area contributed by atoms with Gasteiger partial charge in [-0.15, -0.1) is 0 Å². The van der Waals surface area contributed by atoms with E-state index in [2.05, 4.69) is 0 Å². The van der Waals surface area contributed by atoms with Gasteiger partial charge in [-0.1, -0.05) is 12.1 Å². The van der Waals surface area contributed by atoms with Gasteiger partial charge in [-0.05, 0) is 12.1 Å². The Morgan fingerprint density at radius 2 is 2.07 bits per heavy atom. The minimum absolute atomic E-state index is 0.0893. The first-order chi connectivity index (χ1) is 6.66. The van der Waals surface area contributed by atoms with E-state index in [0.29, 0.717) is 24.3 Å². The van der Waals surface area contributed by atoms with Crippen LogP contribution in [0.4, 0.5) is 5.69 Å². The van der Waals surface area contributed by atoms with Gasteiger partial charge in [0.1, 0.15) is 0 Å². The predicted molar refractivity (Wildman–Crippen MR) is 56.9 cm³/mol. The van der Waals surface area contributed by atoms with E-state index in [9.17, 15) is 4.79 Å². The van der Waals surface area contributed by atoms with Crippen molar-refractivity contribution in [3.8, 4) is 0 Å². The number of carbonyl (C=O) groups excluding carboxylic acids is 1. The Labute approximate surface area is 83.5 Å². The van der Waals surface area contributed by atoms with Crippen LogP contribution in [0.15, 0.2) is 24.3 Å². The number of hydrogen-bond acceptors (Lipinski definition) is 3. The van der Waals surface area contributed by atoms with E-state index >= 15 is 0 Å². The SMILES string of the molecule is CN(CCN)C(=O)c1ccccc1N. The minimum Gasteiger partial charge on any atom is -0.398 e. The van der Waals surface area contributed by atoms with Gasteiger partial charge >= 0.3 is 0 Å².